The van der Waals surface area contributed by atoms with Crippen molar-refractivity contribution in [2.75, 3.05) is 13.1 Å². The zero-order valence-corrected chi connectivity index (χ0v) is 11.6. The van der Waals surface area contributed by atoms with Crippen LogP contribution >= 0.6 is 0 Å². The van der Waals surface area contributed by atoms with Crippen LogP contribution in [0.15, 0.2) is 6.07 Å². The SMILES string of the molecule is Cc1cc(C)c(C)c(C(=O)NC(CN)CN)c1C. The van der Waals surface area contributed by atoms with Crippen molar-refractivity contribution in [2.24, 2.45) is 11.5 Å². The number of hydrogen-bond donors (Lipinski definition) is 3. The van der Waals surface area contributed by atoms with Gasteiger partial charge in [-0.25, -0.2) is 0 Å². The minimum atomic E-state index is -0.169. The van der Waals surface area contributed by atoms with E-state index in [0.717, 1.165) is 27.8 Å². The Hall–Kier alpha value is -1.39. The van der Waals surface area contributed by atoms with Crippen LogP contribution in [0.25, 0.3) is 0 Å². The molecule has 0 fully saturated rings. The molecule has 0 saturated heterocycles. The van der Waals surface area contributed by atoms with Crippen LogP contribution in [0.4, 0.5) is 0 Å². The van der Waals surface area contributed by atoms with E-state index in [0.29, 0.717) is 13.1 Å². The monoisotopic (exact) mass is 249 g/mol. The fourth-order valence-electron chi connectivity index (χ4n) is 2.03. The van der Waals surface area contributed by atoms with Crippen LogP contribution in [0.3, 0.4) is 0 Å². The Labute approximate surface area is 109 Å². The zero-order chi connectivity index (χ0) is 13.9. The number of nitrogens with two attached hydrogens (primary N) is 2. The summed E-state index contributed by atoms with van der Waals surface area (Å²) >= 11 is 0. The molecule has 1 aromatic carbocycles. The summed E-state index contributed by atoms with van der Waals surface area (Å²) < 4.78 is 0. The van der Waals surface area contributed by atoms with Gasteiger partial charge in [0, 0.05) is 18.7 Å². The number of nitrogens with one attached hydrogen (secondary N) is 1. The van der Waals surface area contributed by atoms with Gasteiger partial charge in [-0.15, -0.1) is 0 Å². The van der Waals surface area contributed by atoms with Crippen molar-refractivity contribution in [3.05, 3.63) is 33.9 Å². The highest BCUT2D eigenvalue weighted by Crippen LogP contribution is 2.21. The second kappa shape index (κ2) is 5.98. The molecule has 0 saturated carbocycles. The Morgan fingerprint density at radius 3 is 1.94 bits per heavy atom. The van der Waals surface area contributed by atoms with Crippen LogP contribution in [0.2, 0.25) is 0 Å². The predicted molar refractivity (Wildman–Crippen MR) is 74.8 cm³/mol. The first kappa shape index (κ1) is 14.7. The number of hydrogen-bond acceptors (Lipinski definition) is 3. The molecule has 0 bridgehead atoms. The number of amides is 1. The molecule has 0 spiro atoms. The van der Waals surface area contributed by atoms with E-state index in [1.165, 1.54) is 0 Å². The molecule has 0 aliphatic carbocycles. The molecule has 0 radical (unpaired) electrons. The molecule has 1 rings (SSSR count). The molecular weight excluding hydrogens is 226 g/mol. The van der Waals surface area contributed by atoms with Crippen molar-refractivity contribution in [1.29, 1.82) is 0 Å². The van der Waals surface area contributed by atoms with Gasteiger partial charge in [-0.05, 0) is 49.9 Å². The molecule has 4 nitrogen and oxygen atoms in total. The minimum Gasteiger partial charge on any atom is -0.347 e. The topological polar surface area (TPSA) is 81.1 Å². The van der Waals surface area contributed by atoms with E-state index in [9.17, 15) is 4.79 Å². The predicted octanol–water partition coefficient (Wildman–Crippen LogP) is 0.936. The number of carbonyl (C=O) groups excluding carboxylic acids is 1. The Morgan fingerprint density at radius 1 is 1.11 bits per heavy atom. The van der Waals surface area contributed by atoms with Crippen molar-refractivity contribution in [2.45, 2.75) is 33.7 Å². The highest BCUT2D eigenvalue weighted by molar-refractivity contribution is 5.98. The maximum Gasteiger partial charge on any atom is 0.252 e. The van der Waals surface area contributed by atoms with E-state index in [1.807, 2.05) is 27.7 Å². The van der Waals surface area contributed by atoms with E-state index >= 15 is 0 Å². The average molecular weight is 249 g/mol. The quantitative estimate of drug-likeness (QED) is 0.742. The van der Waals surface area contributed by atoms with Gasteiger partial charge in [0.1, 0.15) is 0 Å². The van der Waals surface area contributed by atoms with Crippen molar-refractivity contribution in [3.8, 4) is 0 Å². The van der Waals surface area contributed by atoms with Crippen LogP contribution < -0.4 is 16.8 Å². The van der Waals surface area contributed by atoms with Crippen LogP contribution in [0.5, 0.6) is 0 Å². The van der Waals surface area contributed by atoms with E-state index in [4.69, 9.17) is 11.5 Å². The van der Waals surface area contributed by atoms with E-state index in [-0.39, 0.29) is 11.9 Å². The third-order valence-corrected chi connectivity index (χ3v) is 3.50. The van der Waals surface area contributed by atoms with Crippen LogP contribution in [-0.4, -0.2) is 25.0 Å². The van der Waals surface area contributed by atoms with Gasteiger partial charge in [-0.1, -0.05) is 6.07 Å². The van der Waals surface area contributed by atoms with Crippen LogP contribution in [-0.2, 0) is 0 Å². The fourth-order valence-corrected chi connectivity index (χ4v) is 2.03. The summed E-state index contributed by atoms with van der Waals surface area (Å²) in [5.41, 5.74) is 16.1. The fraction of sp³-hybridized carbons (Fsp3) is 0.500. The van der Waals surface area contributed by atoms with Crippen molar-refractivity contribution in [3.63, 3.8) is 0 Å². The highest BCUT2D eigenvalue weighted by atomic mass is 16.1. The van der Waals surface area contributed by atoms with Gasteiger partial charge in [0.15, 0.2) is 0 Å². The third kappa shape index (κ3) is 2.89. The van der Waals surface area contributed by atoms with Crippen molar-refractivity contribution in [1.82, 2.24) is 5.32 Å². The molecule has 4 heteroatoms. The zero-order valence-electron chi connectivity index (χ0n) is 11.6. The van der Waals surface area contributed by atoms with E-state index in [1.54, 1.807) is 0 Å². The molecule has 0 atom stereocenters. The molecule has 100 valence electrons. The third-order valence-electron chi connectivity index (χ3n) is 3.50. The molecule has 1 amide bonds. The molecule has 5 N–H and O–H groups in total. The van der Waals surface area contributed by atoms with Gasteiger partial charge in [-0.3, -0.25) is 4.79 Å². The van der Waals surface area contributed by atoms with Gasteiger partial charge < -0.3 is 16.8 Å². The average Bonchev–Trinajstić information content (AvgIpc) is 2.33. The maximum absolute atomic E-state index is 12.3. The second-order valence-electron chi connectivity index (χ2n) is 4.78. The van der Waals surface area contributed by atoms with Gasteiger partial charge >= 0.3 is 0 Å². The maximum atomic E-state index is 12.3. The molecule has 18 heavy (non-hydrogen) atoms. The normalized spacial score (nSPS) is 10.8. The summed E-state index contributed by atoms with van der Waals surface area (Å²) in [5.74, 6) is -0.0855. The van der Waals surface area contributed by atoms with E-state index < -0.39 is 0 Å². The number of carbonyl (C=O) groups is 1. The summed E-state index contributed by atoms with van der Waals surface area (Å²) in [7, 11) is 0. The van der Waals surface area contributed by atoms with Gasteiger partial charge in [0.2, 0.25) is 0 Å². The molecule has 0 aliphatic heterocycles. The lowest BCUT2D eigenvalue weighted by atomic mass is 9.93. The van der Waals surface area contributed by atoms with Crippen molar-refractivity contribution < 1.29 is 4.79 Å². The number of rotatable bonds is 4. The smallest absolute Gasteiger partial charge is 0.252 e. The molecule has 1 aromatic rings. The summed E-state index contributed by atoms with van der Waals surface area (Å²) in [6.07, 6.45) is 0. The van der Waals surface area contributed by atoms with Crippen molar-refractivity contribution >= 4 is 5.91 Å². The van der Waals surface area contributed by atoms with Gasteiger partial charge in [0.25, 0.3) is 5.91 Å². The molecule has 0 heterocycles. The first-order chi connectivity index (χ1) is 8.42. The lowest BCUT2D eigenvalue weighted by Gasteiger charge is -2.19. The summed E-state index contributed by atoms with van der Waals surface area (Å²) in [5, 5.41) is 2.88. The molecule has 0 unspecified atom stereocenters. The highest BCUT2D eigenvalue weighted by Gasteiger charge is 2.17. The number of aryl methyl sites for hydroxylation is 2. The first-order valence-electron chi connectivity index (χ1n) is 6.20. The minimum absolute atomic E-state index is 0.0855. The largest absolute Gasteiger partial charge is 0.347 e. The summed E-state index contributed by atoms with van der Waals surface area (Å²) in [6.45, 7) is 8.67. The lowest BCUT2D eigenvalue weighted by Crippen LogP contribution is -2.45. The Kier molecular flexibility index (Phi) is 4.87. The van der Waals surface area contributed by atoms with E-state index in [2.05, 4.69) is 11.4 Å². The molecule has 0 aromatic heterocycles. The van der Waals surface area contributed by atoms with Gasteiger partial charge in [0.05, 0.1) is 6.04 Å². The molecular formula is C14H23N3O. The Bertz CT molecular complexity index is 425. The molecule has 0 aliphatic rings. The Balaban J connectivity index is 3.13. The number of benzene rings is 1. The van der Waals surface area contributed by atoms with Crippen LogP contribution in [0.1, 0.15) is 32.6 Å². The second-order valence-corrected chi connectivity index (χ2v) is 4.78. The standard InChI is InChI=1S/C14H23N3O/c1-8-5-9(2)11(4)13(10(8)3)14(18)17-12(6-15)7-16/h5,12H,6-7,15-16H2,1-4H3,(H,17,18). The lowest BCUT2D eigenvalue weighted by molar-refractivity contribution is 0.0938. The first-order valence-corrected chi connectivity index (χ1v) is 6.20. The Morgan fingerprint density at radius 2 is 1.56 bits per heavy atom. The van der Waals surface area contributed by atoms with Crippen LogP contribution in [0, 0.1) is 27.7 Å². The summed E-state index contributed by atoms with van der Waals surface area (Å²) in [6, 6.07) is 1.93. The van der Waals surface area contributed by atoms with Gasteiger partial charge in [-0.2, -0.15) is 0 Å². The summed E-state index contributed by atoms with van der Waals surface area (Å²) in [4.78, 5) is 12.3.